The van der Waals surface area contributed by atoms with E-state index in [1.54, 1.807) is 30.3 Å². The summed E-state index contributed by atoms with van der Waals surface area (Å²) in [5, 5.41) is 13.5. The van der Waals surface area contributed by atoms with Gasteiger partial charge in [-0.3, -0.25) is 4.79 Å². The monoisotopic (exact) mass is 421 g/mol. The van der Waals surface area contributed by atoms with Crippen LogP contribution in [-0.2, 0) is 9.53 Å². The van der Waals surface area contributed by atoms with E-state index in [0.29, 0.717) is 34.2 Å². The topological polar surface area (TPSA) is 101 Å². The Balaban J connectivity index is 1.68. The zero-order valence-corrected chi connectivity index (χ0v) is 17.3. The highest BCUT2D eigenvalue weighted by atomic mass is 32.2. The van der Waals surface area contributed by atoms with Crippen molar-refractivity contribution in [3.63, 3.8) is 0 Å². The van der Waals surface area contributed by atoms with E-state index in [4.69, 9.17) is 4.74 Å². The molecule has 0 radical (unpaired) electrons. The number of carbonyl (C=O) groups is 2. The summed E-state index contributed by atoms with van der Waals surface area (Å²) in [5.41, 5.74) is 2.08. The fourth-order valence-electron chi connectivity index (χ4n) is 2.72. The summed E-state index contributed by atoms with van der Waals surface area (Å²) in [6, 6.07) is 15.8. The van der Waals surface area contributed by atoms with Crippen molar-refractivity contribution in [2.75, 3.05) is 24.8 Å². The van der Waals surface area contributed by atoms with Crippen molar-refractivity contribution in [3.8, 4) is 11.8 Å². The molecular weight excluding hydrogens is 402 g/mol. The third-order valence-electron chi connectivity index (χ3n) is 4.11. The molecule has 0 unspecified atom stereocenters. The molecule has 3 aromatic rings. The van der Waals surface area contributed by atoms with Gasteiger partial charge in [-0.15, -0.1) is 0 Å². The van der Waals surface area contributed by atoms with E-state index in [2.05, 4.69) is 21.1 Å². The molecule has 152 valence electrons. The molecule has 1 heterocycles. The van der Waals surface area contributed by atoms with Crippen molar-refractivity contribution >= 4 is 40.2 Å². The van der Waals surface area contributed by atoms with Crippen LogP contribution in [0.1, 0.15) is 22.8 Å². The highest BCUT2D eigenvalue weighted by Crippen LogP contribution is 2.27. The van der Waals surface area contributed by atoms with Gasteiger partial charge in [0, 0.05) is 11.1 Å². The number of rotatable bonds is 7. The zero-order valence-electron chi connectivity index (χ0n) is 16.5. The molecule has 0 aliphatic heterocycles. The number of fused-ring (bicyclic) bond motifs is 1. The number of benzene rings is 2. The number of hydrogen-bond donors (Lipinski definition) is 1. The lowest BCUT2D eigenvalue weighted by atomic mass is 10.1. The lowest BCUT2D eigenvalue weighted by Crippen LogP contribution is -2.14. The molecule has 1 N–H and O–H groups in total. The first-order valence-electron chi connectivity index (χ1n) is 9.12. The summed E-state index contributed by atoms with van der Waals surface area (Å²) >= 11 is 1.19. The summed E-state index contributed by atoms with van der Waals surface area (Å²) in [6.45, 7) is 2.46. The van der Waals surface area contributed by atoms with Crippen LogP contribution in [0.4, 0.5) is 5.69 Å². The van der Waals surface area contributed by atoms with Crippen LogP contribution >= 0.6 is 11.8 Å². The third kappa shape index (κ3) is 5.07. The standard InChI is InChI=1S/C22H19N3O4S/c1-3-29-18-8-9-19-15(11-18)10-16(12-23)21(25-19)30-13-20(26)24-17-6-4-14(5-7-17)22(27)28-2/h4-11H,3,13H2,1-2H3,(H,24,26). The average Bonchev–Trinajstić information content (AvgIpc) is 2.77. The lowest BCUT2D eigenvalue weighted by Gasteiger charge is -2.09. The Kier molecular flexibility index (Phi) is 6.88. The lowest BCUT2D eigenvalue weighted by molar-refractivity contribution is -0.113. The number of thioether (sulfide) groups is 1. The highest BCUT2D eigenvalue weighted by Gasteiger charge is 2.12. The summed E-state index contributed by atoms with van der Waals surface area (Å²) < 4.78 is 10.1. The largest absolute Gasteiger partial charge is 0.494 e. The number of amides is 1. The number of pyridine rings is 1. The van der Waals surface area contributed by atoms with Crippen molar-refractivity contribution < 1.29 is 19.1 Å². The molecule has 0 bridgehead atoms. The molecule has 0 aliphatic carbocycles. The summed E-state index contributed by atoms with van der Waals surface area (Å²) in [4.78, 5) is 28.3. The number of hydrogen-bond acceptors (Lipinski definition) is 7. The molecule has 0 spiro atoms. The van der Waals surface area contributed by atoms with Gasteiger partial charge >= 0.3 is 5.97 Å². The van der Waals surface area contributed by atoms with Gasteiger partial charge in [0.25, 0.3) is 0 Å². The van der Waals surface area contributed by atoms with E-state index in [0.717, 1.165) is 10.9 Å². The second kappa shape index (κ2) is 9.76. The minimum atomic E-state index is -0.441. The Morgan fingerprint density at radius 2 is 1.93 bits per heavy atom. The maximum Gasteiger partial charge on any atom is 0.337 e. The van der Waals surface area contributed by atoms with Gasteiger partial charge in [0.05, 0.1) is 36.1 Å². The van der Waals surface area contributed by atoms with Crippen molar-refractivity contribution in [1.82, 2.24) is 4.98 Å². The molecule has 0 saturated carbocycles. The minimum absolute atomic E-state index is 0.0863. The van der Waals surface area contributed by atoms with Crippen LogP contribution in [0, 0.1) is 11.3 Å². The summed E-state index contributed by atoms with van der Waals surface area (Å²) in [7, 11) is 1.31. The molecule has 30 heavy (non-hydrogen) atoms. The van der Waals surface area contributed by atoms with Gasteiger partial charge in [-0.05, 0) is 55.5 Å². The van der Waals surface area contributed by atoms with E-state index >= 15 is 0 Å². The van der Waals surface area contributed by atoms with Gasteiger partial charge in [0.2, 0.25) is 5.91 Å². The van der Waals surface area contributed by atoms with E-state index in [-0.39, 0.29) is 11.7 Å². The smallest absolute Gasteiger partial charge is 0.337 e. The molecule has 3 rings (SSSR count). The number of anilines is 1. The number of esters is 1. The first-order valence-corrected chi connectivity index (χ1v) is 10.1. The Bertz CT molecular complexity index is 1120. The van der Waals surface area contributed by atoms with Gasteiger partial charge in [-0.2, -0.15) is 5.26 Å². The average molecular weight is 421 g/mol. The molecule has 1 aromatic heterocycles. The molecule has 0 aliphatic rings. The SMILES string of the molecule is CCOc1ccc2nc(SCC(=O)Nc3ccc(C(=O)OC)cc3)c(C#N)cc2c1. The minimum Gasteiger partial charge on any atom is -0.494 e. The Hall–Kier alpha value is -3.57. The molecule has 1 amide bonds. The number of nitrogens with one attached hydrogen (secondary N) is 1. The molecule has 2 aromatic carbocycles. The number of nitrogens with zero attached hydrogens (tertiary/aromatic N) is 2. The normalized spacial score (nSPS) is 10.3. The van der Waals surface area contributed by atoms with Crippen LogP contribution in [0.2, 0.25) is 0 Å². The second-order valence-corrected chi connectivity index (χ2v) is 7.11. The second-order valence-electron chi connectivity index (χ2n) is 6.15. The maximum absolute atomic E-state index is 12.3. The van der Waals surface area contributed by atoms with Gasteiger partial charge < -0.3 is 14.8 Å². The van der Waals surface area contributed by atoms with Crippen molar-refractivity contribution in [2.24, 2.45) is 0 Å². The van der Waals surface area contributed by atoms with Gasteiger partial charge in [0.1, 0.15) is 16.8 Å². The molecule has 0 atom stereocenters. The van der Waals surface area contributed by atoms with Gasteiger partial charge in [-0.25, -0.2) is 9.78 Å². The van der Waals surface area contributed by atoms with E-state index < -0.39 is 5.97 Å². The van der Waals surface area contributed by atoms with Crippen molar-refractivity contribution in [2.45, 2.75) is 11.9 Å². The van der Waals surface area contributed by atoms with E-state index in [1.165, 1.54) is 18.9 Å². The predicted octanol–water partition coefficient (Wildman–Crippen LogP) is 4.02. The highest BCUT2D eigenvalue weighted by molar-refractivity contribution is 8.00. The quantitative estimate of drug-likeness (QED) is 0.454. The number of nitriles is 1. The Morgan fingerprint density at radius 1 is 1.17 bits per heavy atom. The Labute approximate surface area is 178 Å². The van der Waals surface area contributed by atoms with Crippen LogP contribution in [0.25, 0.3) is 10.9 Å². The third-order valence-corrected chi connectivity index (χ3v) is 5.10. The van der Waals surface area contributed by atoms with Crippen LogP contribution in [-0.4, -0.2) is 36.3 Å². The van der Waals surface area contributed by atoms with E-state index in [9.17, 15) is 14.9 Å². The van der Waals surface area contributed by atoms with Gasteiger partial charge in [-0.1, -0.05) is 11.8 Å². The van der Waals surface area contributed by atoms with Crippen molar-refractivity contribution in [3.05, 3.63) is 59.7 Å². The number of carbonyl (C=O) groups excluding carboxylic acids is 2. The number of methoxy groups -OCH3 is 1. The number of ether oxygens (including phenoxy) is 2. The van der Waals surface area contributed by atoms with Crippen LogP contribution in [0.15, 0.2) is 53.6 Å². The molecule has 0 fully saturated rings. The molecule has 8 heteroatoms. The summed E-state index contributed by atoms with van der Waals surface area (Å²) in [5.74, 6) is 0.114. The summed E-state index contributed by atoms with van der Waals surface area (Å²) in [6.07, 6.45) is 0. The molecule has 7 nitrogen and oxygen atoms in total. The zero-order chi connectivity index (χ0) is 21.5. The van der Waals surface area contributed by atoms with E-state index in [1.807, 2.05) is 25.1 Å². The molecule has 0 saturated heterocycles. The van der Waals surface area contributed by atoms with Gasteiger partial charge in [0.15, 0.2) is 0 Å². The van der Waals surface area contributed by atoms with Crippen LogP contribution in [0.5, 0.6) is 5.75 Å². The predicted molar refractivity (Wildman–Crippen MR) is 115 cm³/mol. The fourth-order valence-corrected chi connectivity index (χ4v) is 3.48. The van der Waals surface area contributed by atoms with Crippen LogP contribution in [0.3, 0.4) is 0 Å². The Morgan fingerprint density at radius 3 is 2.60 bits per heavy atom. The van der Waals surface area contributed by atoms with Crippen molar-refractivity contribution in [1.29, 1.82) is 5.26 Å². The number of aromatic nitrogens is 1. The first-order chi connectivity index (χ1) is 14.5. The first kappa shape index (κ1) is 21.1. The maximum atomic E-state index is 12.3. The fraction of sp³-hybridized carbons (Fsp3) is 0.182. The van der Waals surface area contributed by atoms with Crippen LogP contribution < -0.4 is 10.1 Å². The molecular formula is C22H19N3O4S.